The number of sulfonamides is 1. The van der Waals surface area contributed by atoms with Gasteiger partial charge in [-0.25, -0.2) is 8.42 Å². The van der Waals surface area contributed by atoms with E-state index in [1.165, 1.54) is 30.2 Å². The summed E-state index contributed by atoms with van der Waals surface area (Å²) in [4.78, 5) is 28.1. The van der Waals surface area contributed by atoms with Crippen LogP contribution in [0.15, 0.2) is 36.4 Å². The van der Waals surface area contributed by atoms with E-state index in [1.54, 1.807) is 25.1 Å². The minimum absolute atomic E-state index is 0.0461. The van der Waals surface area contributed by atoms with E-state index < -0.39 is 28.5 Å². The van der Waals surface area contributed by atoms with Crippen LogP contribution < -0.4 is 14.4 Å². The molecule has 37 heavy (non-hydrogen) atoms. The van der Waals surface area contributed by atoms with Crippen molar-refractivity contribution in [3.05, 3.63) is 57.0 Å². The molecular formula is C25H30Cl3N3O5S. The third kappa shape index (κ3) is 7.44. The van der Waals surface area contributed by atoms with Crippen molar-refractivity contribution in [2.45, 2.75) is 51.2 Å². The van der Waals surface area contributed by atoms with Crippen molar-refractivity contribution in [3.63, 3.8) is 0 Å². The second-order valence-corrected chi connectivity index (χ2v) is 12.1. The zero-order valence-electron chi connectivity index (χ0n) is 20.8. The molecule has 1 aliphatic rings. The lowest BCUT2D eigenvalue weighted by Crippen LogP contribution is -2.52. The Morgan fingerprint density at radius 3 is 2.24 bits per heavy atom. The molecule has 8 nitrogen and oxygen atoms in total. The van der Waals surface area contributed by atoms with Gasteiger partial charge in [0, 0.05) is 28.2 Å². The predicted molar refractivity (Wildman–Crippen MR) is 147 cm³/mol. The van der Waals surface area contributed by atoms with E-state index in [0.717, 1.165) is 36.2 Å². The average Bonchev–Trinajstić information content (AvgIpc) is 3.34. The molecule has 0 unspecified atom stereocenters. The van der Waals surface area contributed by atoms with Crippen molar-refractivity contribution in [3.8, 4) is 5.75 Å². The summed E-state index contributed by atoms with van der Waals surface area (Å²) in [5.41, 5.74) is 0.638. The summed E-state index contributed by atoms with van der Waals surface area (Å²) in [5.74, 6) is -0.582. The molecule has 2 amide bonds. The Balaban J connectivity index is 1.94. The first kappa shape index (κ1) is 29.4. The van der Waals surface area contributed by atoms with Gasteiger partial charge >= 0.3 is 0 Å². The molecule has 0 aliphatic heterocycles. The van der Waals surface area contributed by atoms with Crippen molar-refractivity contribution < 1.29 is 22.7 Å². The number of anilines is 1. The highest BCUT2D eigenvalue weighted by Gasteiger charge is 2.32. The van der Waals surface area contributed by atoms with E-state index in [4.69, 9.17) is 39.5 Å². The molecule has 0 heterocycles. The Bertz CT molecular complexity index is 1230. The molecule has 1 N–H and O–H groups in total. The van der Waals surface area contributed by atoms with Crippen LogP contribution in [0.5, 0.6) is 5.75 Å². The molecule has 2 aromatic carbocycles. The molecule has 1 atom stereocenters. The molecule has 12 heteroatoms. The van der Waals surface area contributed by atoms with Gasteiger partial charge in [-0.15, -0.1) is 0 Å². The van der Waals surface area contributed by atoms with E-state index in [1.807, 2.05) is 0 Å². The molecular weight excluding hydrogens is 561 g/mol. The third-order valence-corrected chi connectivity index (χ3v) is 8.51. The Kier molecular flexibility index (Phi) is 9.97. The van der Waals surface area contributed by atoms with Crippen molar-refractivity contribution >= 4 is 62.3 Å². The molecule has 0 aromatic heterocycles. The van der Waals surface area contributed by atoms with Crippen molar-refractivity contribution in [2.75, 3.05) is 24.2 Å². The maximum absolute atomic E-state index is 13.7. The highest BCUT2D eigenvalue weighted by Crippen LogP contribution is 2.31. The van der Waals surface area contributed by atoms with Crippen LogP contribution in [0.1, 0.15) is 38.2 Å². The quantitative estimate of drug-likeness (QED) is 0.425. The second kappa shape index (κ2) is 12.6. The van der Waals surface area contributed by atoms with Crippen molar-refractivity contribution in [1.29, 1.82) is 0 Å². The van der Waals surface area contributed by atoms with Gasteiger partial charge in [0.2, 0.25) is 21.8 Å². The number of carbonyl (C=O) groups is 2. The minimum Gasteiger partial charge on any atom is -0.495 e. The van der Waals surface area contributed by atoms with Gasteiger partial charge in [-0.2, -0.15) is 0 Å². The van der Waals surface area contributed by atoms with Gasteiger partial charge in [0.15, 0.2) is 0 Å². The first-order valence-electron chi connectivity index (χ1n) is 11.8. The Morgan fingerprint density at radius 1 is 1.08 bits per heavy atom. The lowest BCUT2D eigenvalue weighted by molar-refractivity contribution is -0.139. The number of methoxy groups -OCH3 is 1. The highest BCUT2D eigenvalue weighted by atomic mass is 35.5. The maximum Gasteiger partial charge on any atom is 0.244 e. The third-order valence-electron chi connectivity index (χ3n) is 6.36. The van der Waals surface area contributed by atoms with Crippen LogP contribution in [-0.2, 0) is 26.2 Å². The molecule has 2 aromatic rings. The summed E-state index contributed by atoms with van der Waals surface area (Å²) in [6.45, 7) is 0.949. The fourth-order valence-corrected chi connectivity index (χ4v) is 5.86. The summed E-state index contributed by atoms with van der Waals surface area (Å²) >= 11 is 18.9. The summed E-state index contributed by atoms with van der Waals surface area (Å²) in [5, 5.41) is 3.85. The van der Waals surface area contributed by atoms with Crippen LogP contribution in [0, 0.1) is 0 Å². The number of hydrogen-bond acceptors (Lipinski definition) is 5. The number of hydrogen-bond donors (Lipinski definition) is 1. The zero-order valence-corrected chi connectivity index (χ0v) is 23.9. The van der Waals surface area contributed by atoms with Crippen LogP contribution in [0.2, 0.25) is 15.1 Å². The van der Waals surface area contributed by atoms with Crippen LogP contribution in [0.25, 0.3) is 0 Å². The normalized spacial score (nSPS) is 14.8. The number of halogens is 3. The minimum atomic E-state index is -3.90. The number of ether oxygens (including phenoxy) is 1. The first-order valence-corrected chi connectivity index (χ1v) is 14.7. The van der Waals surface area contributed by atoms with E-state index in [2.05, 4.69) is 5.32 Å². The number of nitrogens with zero attached hydrogens (tertiary/aromatic N) is 2. The Labute approximate surface area is 232 Å². The lowest BCUT2D eigenvalue weighted by Gasteiger charge is -2.32. The largest absolute Gasteiger partial charge is 0.495 e. The smallest absolute Gasteiger partial charge is 0.244 e. The van der Waals surface area contributed by atoms with Gasteiger partial charge < -0.3 is 15.0 Å². The highest BCUT2D eigenvalue weighted by molar-refractivity contribution is 7.92. The fraction of sp³-hybridized carbons (Fsp3) is 0.440. The fourth-order valence-electron chi connectivity index (χ4n) is 4.25. The Morgan fingerprint density at radius 2 is 1.70 bits per heavy atom. The number of nitrogens with one attached hydrogen (secondary N) is 1. The number of rotatable bonds is 10. The standard InChI is InChI=1S/C25H30Cl3N3O5S/c1-16(25(33)29-17-7-4-5-8-17)30(14-19-20(26)9-6-10-21(19)27)24(32)15-31(37(3,34)35)18-11-12-23(36-2)22(28)13-18/h6,9-13,16-17H,4-5,7-8,14-15H2,1-3H3,(H,29,33)/t16-/m1/s1. The average molecular weight is 591 g/mol. The number of carbonyl (C=O) groups excluding carboxylic acids is 2. The molecule has 3 rings (SSSR count). The first-order chi connectivity index (χ1) is 17.4. The van der Waals surface area contributed by atoms with Crippen LogP contribution in [-0.4, -0.2) is 57.1 Å². The summed E-state index contributed by atoms with van der Waals surface area (Å²) in [6, 6.07) is 8.48. The topological polar surface area (TPSA) is 96.0 Å². The van der Waals surface area contributed by atoms with Gasteiger partial charge in [-0.3, -0.25) is 13.9 Å². The molecule has 202 valence electrons. The van der Waals surface area contributed by atoms with Gasteiger partial charge in [-0.05, 0) is 50.1 Å². The lowest BCUT2D eigenvalue weighted by atomic mass is 10.1. The van der Waals surface area contributed by atoms with E-state index in [-0.39, 0.29) is 29.2 Å². The predicted octanol–water partition coefficient (Wildman–Crippen LogP) is 4.90. The van der Waals surface area contributed by atoms with Gasteiger partial charge in [0.05, 0.1) is 24.1 Å². The van der Waals surface area contributed by atoms with Crippen molar-refractivity contribution in [1.82, 2.24) is 10.2 Å². The second-order valence-electron chi connectivity index (χ2n) is 8.98. The molecule has 0 radical (unpaired) electrons. The number of amides is 2. The summed E-state index contributed by atoms with van der Waals surface area (Å²) < 4.78 is 31.5. The van der Waals surface area contributed by atoms with Crippen molar-refractivity contribution in [2.24, 2.45) is 0 Å². The SMILES string of the molecule is COc1ccc(N(CC(=O)N(Cc2c(Cl)cccc2Cl)[C@H](C)C(=O)NC2CCCC2)S(C)(=O)=O)cc1Cl. The molecule has 1 fully saturated rings. The van der Waals surface area contributed by atoms with Gasteiger partial charge in [0.25, 0.3) is 0 Å². The number of benzene rings is 2. The Hall–Kier alpha value is -2.20. The van der Waals surface area contributed by atoms with Crippen LogP contribution in [0.4, 0.5) is 5.69 Å². The summed E-state index contributed by atoms with van der Waals surface area (Å²) in [7, 11) is -2.46. The van der Waals surface area contributed by atoms with E-state index in [9.17, 15) is 18.0 Å². The molecule has 1 aliphatic carbocycles. The van der Waals surface area contributed by atoms with Gasteiger partial charge in [-0.1, -0.05) is 53.7 Å². The molecule has 0 spiro atoms. The molecule has 0 bridgehead atoms. The van der Waals surface area contributed by atoms with Gasteiger partial charge in [0.1, 0.15) is 18.3 Å². The van der Waals surface area contributed by atoms with Crippen LogP contribution in [0.3, 0.4) is 0 Å². The van der Waals surface area contributed by atoms with E-state index >= 15 is 0 Å². The summed E-state index contributed by atoms with van der Waals surface area (Å²) in [6.07, 6.45) is 4.81. The zero-order chi connectivity index (χ0) is 27.3. The van der Waals surface area contributed by atoms with Crippen LogP contribution >= 0.6 is 34.8 Å². The monoisotopic (exact) mass is 589 g/mol. The molecule has 1 saturated carbocycles. The maximum atomic E-state index is 13.7. The van der Waals surface area contributed by atoms with E-state index in [0.29, 0.717) is 21.4 Å². The molecule has 0 saturated heterocycles.